The number of pyridine rings is 1. The van der Waals surface area contributed by atoms with Crippen LogP contribution >= 0.6 is 15.9 Å². The smallest absolute Gasteiger partial charge is 0.314 e. The molecule has 0 bridgehead atoms. The second-order valence-corrected chi connectivity index (χ2v) is 4.76. The molecular weight excluding hydrogens is 328 g/mol. The van der Waals surface area contributed by atoms with Crippen LogP contribution in [0.1, 0.15) is 5.69 Å². The van der Waals surface area contributed by atoms with Crippen molar-refractivity contribution in [3.8, 4) is 17.4 Å². The van der Waals surface area contributed by atoms with E-state index in [0.717, 1.165) is 10.2 Å². The molecule has 0 aliphatic rings. The average molecular weight is 339 g/mol. The molecule has 0 spiro atoms. The SMILES string of the molecule is COc1ccc(Oc2ccc(Br)c(C)n2)cc1[N+](=O)[O-]. The Balaban J connectivity index is 2.31. The first-order chi connectivity index (χ1) is 9.51. The fraction of sp³-hybridized carbons (Fsp3) is 0.154. The van der Waals surface area contributed by atoms with Gasteiger partial charge in [-0.25, -0.2) is 4.98 Å². The summed E-state index contributed by atoms with van der Waals surface area (Å²) in [6, 6.07) is 7.85. The van der Waals surface area contributed by atoms with Crippen LogP contribution in [-0.4, -0.2) is 17.0 Å². The van der Waals surface area contributed by atoms with Crippen LogP contribution in [0, 0.1) is 17.0 Å². The summed E-state index contributed by atoms with van der Waals surface area (Å²) in [5.74, 6) is 0.874. The number of benzene rings is 1. The first-order valence-electron chi connectivity index (χ1n) is 5.64. The molecule has 0 amide bonds. The second kappa shape index (κ2) is 5.87. The molecule has 104 valence electrons. The number of rotatable bonds is 4. The van der Waals surface area contributed by atoms with Crippen LogP contribution in [0.15, 0.2) is 34.8 Å². The highest BCUT2D eigenvalue weighted by Crippen LogP contribution is 2.32. The number of hydrogen-bond donors (Lipinski definition) is 0. The summed E-state index contributed by atoms with van der Waals surface area (Å²) in [4.78, 5) is 14.6. The van der Waals surface area contributed by atoms with Gasteiger partial charge in [0.05, 0.1) is 23.8 Å². The zero-order valence-corrected chi connectivity index (χ0v) is 12.4. The van der Waals surface area contributed by atoms with Crippen molar-refractivity contribution in [3.63, 3.8) is 0 Å². The van der Waals surface area contributed by atoms with E-state index < -0.39 is 4.92 Å². The molecule has 0 saturated carbocycles. The number of nitro groups is 1. The second-order valence-electron chi connectivity index (χ2n) is 3.91. The minimum atomic E-state index is -0.522. The third-order valence-electron chi connectivity index (χ3n) is 2.57. The Morgan fingerprint density at radius 1 is 1.30 bits per heavy atom. The lowest BCUT2D eigenvalue weighted by Crippen LogP contribution is -1.95. The molecule has 2 rings (SSSR count). The van der Waals surface area contributed by atoms with Crippen molar-refractivity contribution in [2.75, 3.05) is 7.11 Å². The van der Waals surface area contributed by atoms with E-state index in [1.165, 1.54) is 19.2 Å². The fourth-order valence-electron chi connectivity index (χ4n) is 1.57. The Labute approximate surface area is 123 Å². The molecule has 6 nitrogen and oxygen atoms in total. The molecule has 1 aromatic carbocycles. The van der Waals surface area contributed by atoms with Crippen molar-refractivity contribution < 1.29 is 14.4 Å². The summed E-state index contributed by atoms with van der Waals surface area (Å²) < 4.78 is 11.3. The lowest BCUT2D eigenvalue weighted by molar-refractivity contribution is -0.385. The van der Waals surface area contributed by atoms with Gasteiger partial charge < -0.3 is 9.47 Å². The summed E-state index contributed by atoms with van der Waals surface area (Å²) in [6.45, 7) is 1.83. The Bertz CT molecular complexity index is 661. The maximum atomic E-state index is 10.9. The van der Waals surface area contributed by atoms with Gasteiger partial charge in [0.25, 0.3) is 0 Å². The third-order valence-corrected chi connectivity index (χ3v) is 3.40. The van der Waals surface area contributed by atoms with Crippen LogP contribution in [0.4, 0.5) is 5.69 Å². The standard InChI is InChI=1S/C13H11BrN2O4/c1-8-10(14)4-6-13(15-8)20-9-3-5-12(19-2)11(7-9)16(17)18/h3-7H,1-2H3. The first-order valence-corrected chi connectivity index (χ1v) is 6.44. The maximum Gasteiger partial charge on any atom is 0.314 e. The average Bonchev–Trinajstić information content (AvgIpc) is 2.43. The molecule has 0 fully saturated rings. The van der Waals surface area contributed by atoms with Gasteiger partial charge in [0.1, 0.15) is 5.75 Å². The van der Waals surface area contributed by atoms with E-state index in [1.807, 2.05) is 6.92 Å². The van der Waals surface area contributed by atoms with Gasteiger partial charge in [-0.05, 0) is 41.1 Å². The van der Waals surface area contributed by atoms with Crippen molar-refractivity contribution >= 4 is 21.6 Å². The van der Waals surface area contributed by atoms with Crippen LogP contribution in [0.5, 0.6) is 17.4 Å². The van der Waals surface area contributed by atoms with Gasteiger partial charge in [0.2, 0.25) is 5.88 Å². The van der Waals surface area contributed by atoms with Crippen LogP contribution in [-0.2, 0) is 0 Å². The first kappa shape index (κ1) is 14.3. The van der Waals surface area contributed by atoms with Crippen LogP contribution in [0.25, 0.3) is 0 Å². The van der Waals surface area contributed by atoms with Crippen molar-refractivity contribution in [1.29, 1.82) is 0 Å². The molecule has 0 saturated heterocycles. The van der Waals surface area contributed by atoms with Crippen molar-refractivity contribution in [2.24, 2.45) is 0 Å². The fourth-order valence-corrected chi connectivity index (χ4v) is 1.80. The van der Waals surface area contributed by atoms with Gasteiger partial charge in [-0.1, -0.05) is 0 Å². The van der Waals surface area contributed by atoms with Crippen LogP contribution < -0.4 is 9.47 Å². The molecule has 0 unspecified atom stereocenters. The van der Waals surface area contributed by atoms with Crippen LogP contribution in [0.2, 0.25) is 0 Å². The molecule has 2 aromatic rings. The zero-order chi connectivity index (χ0) is 14.7. The Kier molecular flexibility index (Phi) is 4.19. The number of nitrogens with zero attached hydrogens (tertiary/aromatic N) is 2. The summed E-state index contributed by atoms with van der Waals surface area (Å²) in [5.41, 5.74) is 0.615. The molecular formula is C13H11BrN2O4. The molecule has 0 aliphatic heterocycles. The number of aromatic nitrogens is 1. The van der Waals surface area contributed by atoms with Crippen LogP contribution in [0.3, 0.4) is 0 Å². The number of halogens is 1. The van der Waals surface area contributed by atoms with Crippen molar-refractivity contribution in [2.45, 2.75) is 6.92 Å². The molecule has 7 heteroatoms. The highest BCUT2D eigenvalue weighted by molar-refractivity contribution is 9.10. The predicted molar refractivity (Wildman–Crippen MR) is 76.4 cm³/mol. The molecule has 0 radical (unpaired) electrons. The Morgan fingerprint density at radius 3 is 2.65 bits per heavy atom. The number of hydrogen-bond acceptors (Lipinski definition) is 5. The number of nitro benzene ring substituents is 1. The van der Waals surface area contributed by atoms with E-state index in [4.69, 9.17) is 9.47 Å². The van der Waals surface area contributed by atoms with E-state index in [1.54, 1.807) is 18.2 Å². The molecule has 20 heavy (non-hydrogen) atoms. The monoisotopic (exact) mass is 338 g/mol. The van der Waals surface area contributed by atoms with E-state index in [-0.39, 0.29) is 11.4 Å². The molecule has 1 aromatic heterocycles. The van der Waals surface area contributed by atoms with Gasteiger partial charge in [-0.2, -0.15) is 0 Å². The summed E-state index contributed by atoms with van der Waals surface area (Å²) in [6.07, 6.45) is 0. The maximum absolute atomic E-state index is 10.9. The van der Waals surface area contributed by atoms with E-state index in [2.05, 4.69) is 20.9 Å². The Hall–Kier alpha value is -2.15. The largest absolute Gasteiger partial charge is 0.490 e. The molecule has 1 heterocycles. The summed E-state index contributed by atoms with van der Waals surface area (Å²) in [5, 5.41) is 10.9. The third kappa shape index (κ3) is 3.05. The van der Waals surface area contributed by atoms with Gasteiger partial charge in [0, 0.05) is 10.5 Å². The lowest BCUT2D eigenvalue weighted by Gasteiger charge is -2.07. The van der Waals surface area contributed by atoms with Gasteiger partial charge >= 0.3 is 5.69 Å². The number of methoxy groups -OCH3 is 1. The summed E-state index contributed by atoms with van der Waals surface area (Å²) >= 11 is 3.34. The minimum Gasteiger partial charge on any atom is -0.490 e. The normalized spacial score (nSPS) is 10.2. The van der Waals surface area contributed by atoms with Crippen molar-refractivity contribution in [1.82, 2.24) is 4.98 Å². The highest BCUT2D eigenvalue weighted by atomic mass is 79.9. The van der Waals surface area contributed by atoms with Gasteiger partial charge in [0.15, 0.2) is 5.75 Å². The van der Waals surface area contributed by atoms with Gasteiger partial charge in [-0.3, -0.25) is 10.1 Å². The number of ether oxygens (including phenoxy) is 2. The van der Waals surface area contributed by atoms with E-state index in [0.29, 0.717) is 11.6 Å². The minimum absolute atomic E-state index is 0.154. The highest BCUT2D eigenvalue weighted by Gasteiger charge is 2.16. The van der Waals surface area contributed by atoms with Gasteiger partial charge in [-0.15, -0.1) is 0 Å². The van der Waals surface area contributed by atoms with E-state index in [9.17, 15) is 10.1 Å². The predicted octanol–water partition coefficient (Wildman–Crippen LogP) is 3.86. The number of aryl methyl sites for hydroxylation is 1. The topological polar surface area (TPSA) is 74.5 Å². The quantitative estimate of drug-likeness (QED) is 0.625. The van der Waals surface area contributed by atoms with Crippen molar-refractivity contribution in [3.05, 3.63) is 50.6 Å². The Morgan fingerprint density at radius 2 is 2.05 bits per heavy atom. The lowest BCUT2D eigenvalue weighted by atomic mass is 10.3. The molecule has 0 N–H and O–H groups in total. The zero-order valence-electron chi connectivity index (χ0n) is 10.8. The molecule has 0 aliphatic carbocycles. The van der Waals surface area contributed by atoms with E-state index >= 15 is 0 Å². The summed E-state index contributed by atoms with van der Waals surface area (Å²) in [7, 11) is 1.38. The molecule has 0 atom stereocenters.